The molecular formula is C13H14N2O2. The van der Waals surface area contributed by atoms with Gasteiger partial charge in [0.2, 0.25) is 0 Å². The molecule has 0 spiro atoms. The lowest BCUT2D eigenvalue weighted by molar-refractivity contribution is 0.281. The van der Waals surface area contributed by atoms with E-state index in [4.69, 9.17) is 9.84 Å². The Bertz CT molecular complexity index is 506. The van der Waals surface area contributed by atoms with Crippen LogP contribution in [0.5, 0.6) is 11.8 Å². The minimum Gasteiger partial charge on any atom is -0.424 e. The SMILES string of the molecule is Cc1cc(C)nc(Oc2cccc(CO)c2)n1. The molecule has 1 N–H and O–H groups in total. The van der Waals surface area contributed by atoms with Crippen molar-refractivity contribution in [3.8, 4) is 11.8 Å². The third kappa shape index (κ3) is 3.01. The van der Waals surface area contributed by atoms with Crippen molar-refractivity contribution in [3.63, 3.8) is 0 Å². The summed E-state index contributed by atoms with van der Waals surface area (Å²) in [6, 6.07) is 9.44. The summed E-state index contributed by atoms with van der Waals surface area (Å²) in [6.07, 6.45) is 0. The topological polar surface area (TPSA) is 55.2 Å². The quantitative estimate of drug-likeness (QED) is 0.879. The number of nitrogens with zero attached hydrogens (tertiary/aromatic N) is 2. The number of ether oxygens (including phenoxy) is 1. The molecule has 0 amide bonds. The molecule has 4 nitrogen and oxygen atoms in total. The highest BCUT2D eigenvalue weighted by Gasteiger charge is 2.03. The summed E-state index contributed by atoms with van der Waals surface area (Å²) in [5, 5.41) is 9.03. The second-order valence-corrected chi connectivity index (χ2v) is 3.84. The minimum atomic E-state index is -0.00903. The Labute approximate surface area is 99.9 Å². The predicted octanol–water partition coefficient (Wildman–Crippen LogP) is 2.38. The zero-order valence-corrected chi connectivity index (χ0v) is 9.84. The standard InChI is InChI=1S/C13H14N2O2/c1-9-6-10(2)15-13(14-9)17-12-5-3-4-11(7-12)8-16/h3-7,16H,8H2,1-2H3. The Morgan fingerprint density at radius 1 is 1.12 bits per heavy atom. The van der Waals surface area contributed by atoms with Crippen LogP contribution >= 0.6 is 0 Å². The molecule has 0 unspecified atom stereocenters. The molecule has 88 valence electrons. The van der Waals surface area contributed by atoms with Gasteiger partial charge >= 0.3 is 6.01 Å². The first kappa shape index (κ1) is 11.5. The molecule has 1 heterocycles. The molecule has 2 rings (SSSR count). The average molecular weight is 230 g/mol. The van der Waals surface area contributed by atoms with Crippen molar-refractivity contribution in [2.24, 2.45) is 0 Å². The van der Waals surface area contributed by atoms with Crippen LogP contribution in [-0.4, -0.2) is 15.1 Å². The molecular weight excluding hydrogens is 216 g/mol. The van der Waals surface area contributed by atoms with Crippen molar-refractivity contribution in [2.75, 3.05) is 0 Å². The largest absolute Gasteiger partial charge is 0.424 e. The van der Waals surface area contributed by atoms with Crippen LogP contribution in [0.15, 0.2) is 30.3 Å². The van der Waals surface area contributed by atoms with E-state index < -0.39 is 0 Å². The van der Waals surface area contributed by atoms with E-state index in [0.717, 1.165) is 17.0 Å². The first-order valence-corrected chi connectivity index (χ1v) is 5.37. The van der Waals surface area contributed by atoms with Crippen molar-refractivity contribution in [3.05, 3.63) is 47.3 Å². The fraction of sp³-hybridized carbons (Fsp3) is 0.231. The molecule has 0 saturated heterocycles. The van der Waals surface area contributed by atoms with Crippen molar-refractivity contribution in [1.82, 2.24) is 9.97 Å². The minimum absolute atomic E-state index is 0.00903. The molecule has 0 aliphatic carbocycles. The monoisotopic (exact) mass is 230 g/mol. The summed E-state index contributed by atoms with van der Waals surface area (Å²) in [6.45, 7) is 3.78. The van der Waals surface area contributed by atoms with E-state index in [0.29, 0.717) is 11.8 Å². The molecule has 0 bridgehead atoms. The average Bonchev–Trinajstić information content (AvgIpc) is 2.28. The van der Waals surface area contributed by atoms with Crippen molar-refractivity contribution < 1.29 is 9.84 Å². The lowest BCUT2D eigenvalue weighted by atomic mass is 10.2. The first-order valence-electron chi connectivity index (χ1n) is 5.37. The summed E-state index contributed by atoms with van der Waals surface area (Å²) in [5.41, 5.74) is 2.53. The van der Waals surface area contributed by atoms with Crippen LogP contribution in [-0.2, 0) is 6.61 Å². The number of aromatic nitrogens is 2. The molecule has 17 heavy (non-hydrogen) atoms. The lowest BCUT2D eigenvalue weighted by Crippen LogP contribution is -1.96. The Morgan fingerprint density at radius 3 is 2.47 bits per heavy atom. The Kier molecular flexibility index (Phi) is 3.35. The van der Waals surface area contributed by atoms with Gasteiger partial charge in [0.1, 0.15) is 5.75 Å². The van der Waals surface area contributed by atoms with Crippen LogP contribution < -0.4 is 4.74 Å². The molecule has 0 aliphatic rings. The third-order valence-corrected chi connectivity index (χ3v) is 2.25. The van der Waals surface area contributed by atoms with Crippen LogP contribution in [0.4, 0.5) is 0 Å². The van der Waals surface area contributed by atoms with Gasteiger partial charge in [0.15, 0.2) is 0 Å². The second kappa shape index (κ2) is 4.93. The highest BCUT2D eigenvalue weighted by Crippen LogP contribution is 2.19. The number of hydrogen-bond acceptors (Lipinski definition) is 4. The number of rotatable bonds is 3. The highest BCUT2D eigenvalue weighted by atomic mass is 16.5. The van der Waals surface area contributed by atoms with Crippen LogP contribution in [0, 0.1) is 13.8 Å². The van der Waals surface area contributed by atoms with Gasteiger partial charge in [-0.2, -0.15) is 0 Å². The van der Waals surface area contributed by atoms with Gasteiger partial charge in [-0.25, -0.2) is 9.97 Å². The fourth-order valence-corrected chi connectivity index (χ4v) is 1.55. The van der Waals surface area contributed by atoms with Crippen LogP contribution in [0.1, 0.15) is 17.0 Å². The van der Waals surface area contributed by atoms with Gasteiger partial charge in [-0.1, -0.05) is 12.1 Å². The Hall–Kier alpha value is -1.94. The summed E-state index contributed by atoms with van der Waals surface area (Å²) < 4.78 is 5.55. The van der Waals surface area contributed by atoms with Gasteiger partial charge in [-0.05, 0) is 37.6 Å². The van der Waals surface area contributed by atoms with Crippen molar-refractivity contribution >= 4 is 0 Å². The van der Waals surface area contributed by atoms with E-state index >= 15 is 0 Å². The van der Waals surface area contributed by atoms with Gasteiger partial charge in [0.05, 0.1) is 6.61 Å². The maximum atomic E-state index is 9.03. The smallest absolute Gasteiger partial charge is 0.322 e. The van der Waals surface area contributed by atoms with Crippen molar-refractivity contribution in [1.29, 1.82) is 0 Å². The number of aliphatic hydroxyl groups excluding tert-OH is 1. The number of aliphatic hydroxyl groups is 1. The normalized spacial score (nSPS) is 10.3. The zero-order chi connectivity index (χ0) is 12.3. The second-order valence-electron chi connectivity index (χ2n) is 3.84. The van der Waals surface area contributed by atoms with E-state index in [1.165, 1.54) is 0 Å². The Morgan fingerprint density at radius 2 is 1.82 bits per heavy atom. The van der Waals surface area contributed by atoms with Crippen molar-refractivity contribution in [2.45, 2.75) is 20.5 Å². The van der Waals surface area contributed by atoms with Crippen LogP contribution in [0.25, 0.3) is 0 Å². The van der Waals surface area contributed by atoms with Gasteiger partial charge in [-0.15, -0.1) is 0 Å². The Balaban J connectivity index is 2.24. The molecule has 0 atom stereocenters. The van der Waals surface area contributed by atoms with Gasteiger partial charge in [0.25, 0.3) is 0 Å². The molecule has 1 aromatic heterocycles. The summed E-state index contributed by atoms with van der Waals surface area (Å²) >= 11 is 0. The molecule has 0 fully saturated rings. The maximum Gasteiger partial charge on any atom is 0.322 e. The summed E-state index contributed by atoms with van der Waals surface area (Å²) in [5.74, 6) is 0.626. The van der Waals surface area contributed by atoms with Crippen LogP contribution in [0.2, 0.25) is 0 Å². The molecule has 2 aromatic rings. The van der Waals surface area contributed by atoms with Gasteiger partial charge in [0, 0.05) is 11.4 Å². The number of benzene rings is 1. The lowest BCUT2D eigenvalue weighted by Gasteiger charge is -2.06. The molecule has 0 saturated carbocycles. The van der Waals surface area contributed by atoms with E-state index in [1.807, 2.05) is 32.0 Å². The third-order valence-electron chi connectivity index (χ3n) is 2.25. The molecule has 1 aromatic carbocycles. The zero-order valence-electron chi connectivity index (χ0n) is 9.84. The summed E-state index contributed by atoms with van der Waals surface area (Å²) in [4.78, 5) is 8.38. The number of aryl methyl sites for hydroxylation is 2. The highest BCUT2D eigenvalue weighted by molar-refractivity contribution is 5.30. The molecule has 0 aliphatic heterocycles. The van der Waals surface area contributed by atoms with E-state index in [9.17, 15) is 0 Å². The van der Waals surface area contributed by atoms with E-state index in [-0.39, 0.29) is 6.61 Å². The first-order chi connectivity index (χ1) is 8.17. The van der Waals surface area contributed by atoms with E-state index in [2.05, 4.69) is 9.97 Å². The van der Waals surface area contributed by atoms with Gasteiger partial charge in [-0.3, -0.25) is 0 Å². The fourth-order valence-electron chi connectivity index (χ4n) is 1.55. The summed E-state index contributed by atoms with van der Waals surface area (Å²) in [7, 11) is 0. The number of hydrogen-bond donors (Lipinski definition) is 1. The predicted molar refractivity (Wildman–Crippen MR) is 63.9 cm³/mol. The van der Waals surface area contributed by atoms with E-state index in [1.54, 1.807) is 12.1 Å². The molecule has 4 heteroatoms. The molecule has 0 radical (unpaired) electrons. The maximum absolute atomic E-state index is 9.03. The van der Waals surface area contributed by atoms with Gasteiger partial charge < -0.3 is 9.84 Å². The van der Waals surface area contributed by atoms with Crippen LogP contribution in [0.3, 0.4) is 0 Å².